The van der Waals surface area contributed by atoms with Crippen molar-refractivity contribution < 1.29 is 32.2 Å². The summed E-state index contributed by atoms with van der Waals surface area (Å²) in [5, 5.41) is 2.73. The van der Waals surface area contributed by atoms with E-state index < -0.39 is 21.9 Å². The molecular weight excluding hydrogens is 448 g/mol. The molecule has 10 heteroatoms. The number of carbonyl (C=O) groups is 2. The number of nitrogens with zero attached hydrogens (tertiary/aromatic N) is 1. The van der Waals surface area contributed by atoms with E-state index in [1.165, 1.54) is 26.4 Å². The van der Waals surface area contributed by atoms with E-state index in [2.05, 4.69) is 5.32 Å². The number of anilines is 2. The highest BCUT2D eigenvalue weighted by Crippen LogP contribution is 2.36. The SMILES string of the molecule is CCCCOC(=O)c1ccc(NC(=O)c2cc(OC)c(OC)cc2N(CC)S(C)(=O)=O)cc1. The second-order valence-electron chi connectivity index (χ2n) is 7.17. The number of hydrogen-bond acceptors (Lipinski definition) is 7. The lowest BCUT2D eigenvalue weighted by Crippen LogP contribution is -2.31. The molecule has 180 valence electrons. The largest absolute Gasteiger partial charge is 0.493 e. The Morgan fingerprint density at radius 2 is 1.61 bits per heavy atom. The molecule has 33 heavy (non-hydrogen) atoms. The van der Waals surface area contributed by atoms with Crippen LogP contribution in [0.3, 0.4) is 0 Å². The number of benzene rings is 2. The van der Waals surface area contributed by atoms with Gasteiger partial charge in [-0.05, 0) is 43.7 Å². The molecule has 2 aromatic rings. The molecule has 0 aromatic heterocycles. The van der Waals surface area contributed by atoms with Crippen molar-refractivity contribution in [1.82, 2.24) is 0 Å². The van der Waals surface area contributed by atoms with Crippen molar-refractivity contribution in [3.8, 4) is 11.5 Å². The van der Waals surface area contributed by atoms with Gasteiger partial charge in [-0.25, -0.2) is 13.2 Å². The third-order valence-electron chi connectivity index (χ3n) is 4.81. The Bertz CT molecular complexity index is 1080. The molecule has 0 radical (unpaired) electrons. The van der Waals surface area contributed by atoms with E-state index in [0.717, 1.165) is 23.4 Å². The van der Waals surface area contributed by atoms with Crippen LogP contribution in [0.5, 0.6) is 11.5 Å². The first-order valence-electron chi connectivity index (χ1n) is 10.5. The minimum atomic E-state index is -3.66. The van der Waals surface area contributed by atoms with Gasteiger partial charge in [0.25, 0.3) is 5.91 Å². The first kappa shape index (κ1) is 26.0. The van der Waals surface area contributed by atoms with Crippen molar-refractivity contribution in [2.45, 2.75) is 26.7 Å². The molecule has 0 bridgehead atoms. The normalized spacial score (nSPS) is 10.9. The average molecular weight is 479 g/mol. The van der Waals surface area contributed by atoms with Gasteiger partial charge in [-0.3, -0.25) is 9.10 Å². The highest BCUT2D eigenvalue weighted by Gasteiger charge is 2.25. The molecule has 0 aliphatic heterocycles. The molecule has 0 saturated carbocycles. The summed E-state index contributed by atoms with van der Waals surface area (Å²) in [7, 11) is -0.815. The lowest BCUT2D eigenvalue weighted by Gasteiger charge is -2.24. The molecular formula is C23H30N2O7S. The monoisotopic (exact) mass is 478 g/mol. The number of esters is 1. The van der Waals surface area contributed by atoms with Gasteiger partial charge in [0.15, 0.2) is 11.5 Å². The fraction of sp³-hybridized carbons (Fsp3) is 0.391. The number of methoxy groups -OCH3 is 2. The van der Waals surface area contributed by atoms with Crippen LogP contribution in [0.4, 0.5) is 11.4 Å². The summed E-state index contributed by atoms with van der Waals surface area (Å²) in [4.78, 5) is 25.2. The van der Waals surface area contributed by atoms with Gasteiger partial charge in [0.05, 0.1) is 43.9 Å². The number of hydrogen-bond donors (Lipinski definition) is 1. The number of sulfonamides is 1. The maximum Gasteiger partial charge on any atom is 0.338 e. The summed E-state index contributed by atoms with van der Waals surface area (Å²) < 4.78 is 41.5. The molecule has 0 aliphatic carbocycles. The fourth-order valence-corrected chi connectivity index (χ4v) is 4.10. The Morgan fingerprint density at radius 1 is 1.00 bits per heavy atom. The van der Waals surface area contributed by atoms with Gasteiger partial charge >= 0.3 is 5.97 Å². The molecule has 1 amide bonds. The quantitative estimate of drug-likeness (QED) is 0.387. The molecule has 1 N–H and O–H groups in total. The minimum absolute atomic E-state index is 0.0861. The van der Waals surface area contributed by atoms with E-state index >= 15 is 0 Å². The molecule has 2 aromatic carbocycles. The van der Waals surface area contributed by atoms with E-state index in [0.29, 0.717) is 17.9 Å². The first-order chi connectivity index (χ1) is 15.7. The van der Waals surface area contributed by atoms with Gasteiger partial charge in [0, 0.05) is 18.3 Å². The second kappa shape index (κ2) is 11.6. The smallest absolute Gasteiger partial charge is 0.338 e. The van der Waals surface area contributed by atoms with Crippen molar-refractivity contribution in [2.24, 2.45) is 0 Å². The summed E-state index contributed by atoms with van der Waals surface area (Å²) in [5.41, 5.74) is 1.03. The van der Waals surface area contributed by atoms with Crippen LogP contribution < -0.4 is 19.1 Å². The topological polar surface area (TPSA) is 111 Å². The molecule has 0 fully saturated rings. The van der Waals surface area contributed by atoms with E-state index in [-0.39, 0.29) is 29.3 Å². The number of nitrogens with one attached hydrogen (secondary N) is 1. The molecule has 0 saturated heterocycles. The Kier molecular flexibility index (Phi) is 9.10. The predicted molar refractivity (Wildman–Crippen MR) is 127 cm³/mol. The van der Waals surface area contributed by atoms with Crippen LogP contribution in [0.1, 0.15) is 47.4 Å². The van der Waals surface area contributed by atoms with Crippen molar-refractivity contribution in [3.63, 3.8) is 0 Å². The molecule has 0 atom stereocenters. The first-order valence-corrected chi connectivity index (χ1v) is 12.3. The van der Waals surface area contributed by atoms with Crippen molar-refractivity contribution in [3.05, 3.63) is 47.5 Å². The summed E-state index contributed by atoms with van der Waals surface area (Å²) in [6, 6.07) is 9.12. The van der Waals surface area contributed by atoms with Crippen LogP contribution in [0.15, 0.2) is 36.4 Å². The molecule has 0 aliphatic rings. The van der Waals surface area contributed by atoms with Gasteiger partial charge in [-0.1, -0.05) is 13.3 Å². The number of amides is 1. The zero-order valence-corrected chi connectivity index (χ0v) is 20.3. The fourth-order valence-electron chi connectivity index (χ4n) is 3.12. The lowest BCUT2D eigenvalue weighted by atomic mass is 10.1. The summed E-state index contributed by atoms with van der Waals surface area (Å²) in [6.45, 7) is 4.14. The van der Waals surface area contributed by atoms with Gasteiger partial charge in [0.1, 0.15) is 0 Å². The number of unbranched alkanes of at least 4 members (excludes halogenated alkanes) is 1. The Labute approximate surface area is 194 Å². The van der Waals surface area contributed by atoms with E-state index in [4.69, 9.17) is 14.2 Å². The van der Waals surface area contributed by atoms with Gasteiger partial charge < -0.3 is 19.5 Å². The zero-order chi connectivity index (χ0) is 24.6. The van der Waals surface area contributed by atoms with Crippen LogP contribution in [0, 0.1) is 0 Å². The van der Waals surface area contributed by atoms with Crippen LogP contribution in [0.2, 0.25) is 0 Å². The highest BCUT2D eigenvalue weighted by atomic mass is 32.2. The molecule has 9 nitrogen and oxygen atoms in total. The van der Waals surface area contributed by atoms with Crippen molar-refractivity contribution >= 4 is 33.3 Å². The Hall–Kier alpha value is -3.27. The van der Waals surface area contributed by atoms with Crippen LogP contribution in [-0.2, 0) is 14.8 Å². The molecule has 0 heterocycles. The number of ether oxygens (including phenoxy) is 3. The third-order valence-corrected chi connectivity index (χ3v) is 6.07. The summed E-state index contributed by atoms with van der Waals surface area (Å²) in [6.07, 6.45) is 2.77. The minimum Gasteiger partial charge on any atom is -0.493 e. The maximum atomic E-state index is 13.1. The van der Waals surface area contributed by atoms with Gasteiger partial charge in [-0.15, -0.1) is 0 Å². The highest BCUT2D eigenvalue weighted by molar-refractivity contribution is 7.92. The van der Waals surface area contributed by atoms with Crippen molar-refractivity contribution in [1.29, 1.82) is 0 Å². The lowest BCUT2D eigenvalue weighted by molar-refractivity contribution is 0.0499. The number of rotatable bonds is 11. The molecule has 0 spiro atoms. The Morgan fingerprint density at radius 3 is 2.12 bits per heavy atom. The number of carbonyl (C=O) groups excluding carboxylic acids is 2. The van der Waals surface area contributed by atoms with Gasteiger partial charge in [0.2, 0.25) is 10.0 Å². The Balaban J connectivity index is 2.35. The third kappa shape index (κ3) is 6.61. The standard InChI is InChI=1S/C23H30N2O7S/c1-6-8-13-32-23(27)16-9-11-17(12-10-16)24-22(26)18-14-20(30-3)21(31-4)15-19(18)25(7-2)33(5,28)29/h9-12,14-15H,6-8,13H2,1-5H3,(H,24,26). The summed E-state index contributed by atoms with van der Waals surface area (Å²) in [5.74, 6) is -0.417. The van der Waals surface area contributed by atoms with E-state index in [9.17, 15) is 18.0 Å². The maximum absolute atomic E-state index is 13.1. The van der Waals surface area contributed by atoms with Crippen LogP contribution in [-0.4, -0.2) is 53.9 Å². The van der Waals surface area contributed by atoms with Crippen LogP contribution >= 0.6 is 0 Å². The molecule has 0 unspecified atom stereocenters. The predicted octanol–water partition coefficient (Wildman–Crippen LogP) is 3.70. The van der Waals surface area contributed by atoms with Crippen LogP contribution in [0.25, 0.3) is 0 Å². The average Bonchev–Trinajstić information content (AvgIpc) is 2.78. The molecule has 2 rings (SSSR count). The van der Waals surface area contributed by atoms with E-state index in [1.807, 2.05) is 6.92 Å². The summed E-state index contributed by atoms with van der Waals surface area (Å²) >= 11 is 0. The second-order valence-corrected chi connectivity index (χ2v) is 9.08. The van der Waals surface area contributed by atoms with Gasteiger partial charge in [-0.2, -0.15) is 0 Å². The van der Waals surface area contributed by atoms with E-state index in [1.54, 1.807) is 31.2 Å². The zero-order valence-electron chi connectivity index (χ0n) is 19.5. The van der Waals surface area contributed by atoms with Crippen molar-refractivity contribution in [2.75, 3.05) is 43.2 Å².